The van der Waals surface area contributed by atoms with Crippen molar-refractivity contribution in [3.8, 4) is 0 Å². The van der Waals surface area contributed by atoms with E-state index >= 15 is 0 Å². The van der Waals surface area contributed by atoms with Gasteiger partial charge in [0, 0.05) is 26.7 Å². The molecule has 0 aromatic heterocycles. The van der Waals surface area contributed by atoms with Crippen molar-refractivity contribution in [3.63, 3.8) is 0 Å². The fourth-order valence-corrected chi connectivity index (χ4v) is 2.37. The van der Waals surface area contributed by atoms with Crippen molar-refractivity contribution in [3.05, 3.63) is 35.4 Å². The number of aliphatic imine (C=N–C) groups is 1. The lowest BCUT2D eigenvalue weighted by atomic mass is 10.1. The molecule has 5 nitrogen and oxygen atoms in total. The van der Waals surface area contributed by atoms with Crippen LogP contribution in [0.5, 0.6) is 0 Å². The first kappa shape index (κ1) is 22.7. The molecule has 0 aliphatic heterocycles. The van der Waals surface area contributed by atoms with Crippen LogP contribution in [-0.2, 0) is 11.3 Å². The predicted octanol–water partition coefficient (Wildman–Crippen LogP) is 2.88. The summed E-state index contributed by atoms with van der Waals surface area (Å²) in [5, 5.41) is 3.26. The minimum Gasteiger partial charge on any atom is -0.357 e. The summed E-state index contributed by atoms with van der Waals surface area (Å²) in [7, 11) is 1.90. The molecule has 0 aliphatic rings. The molecule has 0 saturated carbocycles. The predicted molar refractivity (Wildman–Crippen MR) is 112 cm³/mol. The fourth-order valence-electron chi connectivity index (χ4n) is 2.37. The van der Waals surface area contributed by atoms with Crippen LogP contribution in [-0.4, -0.2) is 54.9 Å². The van der Waals surface area contributed by atoms with Gasteiger partial charge in [0.1, 0.15) is 0 Å². The van der Waals surface area contributed by atoms with Gasteiger partial charge in [-0.2, -0.15) is 0 Å². The van der Waals surface area contributed by atoms with Gasteiger partial charge in [-0.1, -0.05) is 24.3 Å². The van der Waals surface area contributed by atoms with Gasteiger partial charge in [-0.05, 0) is 38.8 Å². The van der Waals surface area contributed by atoms with Crippen molar-refractivity contribution in [2.45, 2.75) is 34.2 Å². The Morgan fingerprint density at radius 2 is 1.79 bits per heavy atom. The van der Waals surface area contributed by atoms with Crippen molar-refractivity contribution in [1.82, 2.24) is 15.1 Å². The molecule has 1 amide bonds. The first-order valence-corrected chi connectivity index (χ1v) is 8.35. The van der Waals surface area contributed by atoms with Crippen molar-refractivity contribution in [2.24, 2.45) is 4.99 Å². The maximum absolute atomic E-state index is 12.3. The lowest BCUT2D eigenvalue weighted by Gasteiger charge is -2.25. The van der Waals surface area contributed by atoms with Crippen LogP contribution in [0.15, 0.2) is 29.3 Å². The number of hydrogen-bond acceptors (Lipinski definition) is 2. The average Bonchev–Trinajstić information content (AvgIpc) is 2.53. The zero-order chi connectivity index (χ0) is 17.2. The van der Waals surface area contributed by atoms with E-state index in [0.29, 0.717) is 13.1 Å². The van der Waals surface area contributed by atoms with E-state index in [2.05, 4.69) is 29.4 Å². The van der Waals surface area contributed by atoms with Crippen LogP contribution in [0, 0.1) is 6.92 Å². The SMILES string of the molecule is CCNC(=NCc1ccccc1C)N(C)CC(=O)N(CC)CC.I. The molecule has 0 aliphatic carbocycles. The van der Waals surface area contributed by atoms with Gasteiger partial charge in [-0.3, -0.25) is 4.79 Å². The van der Waals surface area contributed by atoms with Crippen LogP contribution in [0.1, 0.15) is 31.9 Å². The molecule has 1 aromatic rings. The summed E-state index contributed by atoms with van der Waals surface area (Å²) < 4.78 is 0. The summed E-state index contributed by atoms with van der Waals surface area (Å²) in [6.45, 7) is 11.3. The number of carbonyl (C=O) groups is 1. The summed E-state index contributed by atoms with van der Waals surface area (Å²) >= 11 is 0. The summed E-state index contributed by atoms with van der Waals surface area (Å²) in [5.74, 6) is 0.884. The molecule has 1 rings (SSSR count). The van der Waals surface area contributed by atoms with E-state index in [1.54, 1.807) is 0 Å². The number of halogens is 1. The number of likely N-dealkylation sites (N-methyl/N-ethyl adjacent to an activating group) is 2. The molecule has 1 aromatic carbocycles. The minimum absolute atomic E-state index is 0. The number of benzene rings is 1. The molecule has 6 heteroatoms. The van der Waals surface area contributed by atoms with E-state index < -0.39 is 0 Å². The maximum Gasteiger partial charge on any atom is 0.242 e. The van der Waals surface area contributed by atoms with E-state index in [9.17, 15) is 4.79 Å². The van der Waals surface area contributed by atoms with Crippen LogP contribution in [0.2, 0.25) is 0 Å². The molecule has 0 radical (unpaired) electrons. The zero-order valence-electron chi connectivity index (χ0n) is 15.5. The molecule has 0 atom stereocenters. The van der Waals surface area contributed by atoms with E-state index in [4.69, 9.17) is 0 Å². The first-order chi connectivity index (χ1) is 11.0. The van der Waals surface area contributed by atoms with E-state index in [-0.39, 0.29) is 29.9 Å². The summed E-state index contributed by atoms with van der Waals surface area (Å²) in [5.41, 5.74) is 2.43. The second-order valence-corrected chi connectivity index (χ2v) is 5.52. The molecule has 0 unspecified atom stereocenters. The quantitative estimate of drug-likeness (QED) is 0.398. The molecule has 24 heavy (non-hydrogen) atoms. The third kappa shape index (κ3) is 7.07. The first-order valence-electron chi connectivity index (χ1n) is 8.35. The van der Waals surface area contributed by atoms with E-state index in [0.717, 1.165) is 25.6 Å². The Labute approximate surface area is 163 Å². The number of carbonyl (C=O) groups excluding carboxylic acids is 1. The van der Waals surface area contributed by atoms with Gasteiger partial charge >= 0.3 is 0 Å². The third-order valence-electron chi connectivity index (χ3n) is 3.85. The van der Waals surface area contributed by atoms with Gasteiger partial charge in [0.2, 0.25) is 5.91 Å². The molecule has 0 saturated heterocycles. The van der Waals surface area contributed by atoms with E-state index in [1.807, 2.05) is 49.8 Å². The van der Waals surface area contributed by atoms with Gasteiger partial charge in [0.25, 0.3) is 0 Å². The lowest BCUT2D eigenvalue weighted by Crippen LogP contribution is -2.45. The van der Waals surface area contributed by atoms with Crippen molar-refractivity contribution >= 4 is 35.8 Å². The van der Waals surface area contributed by atoms with Gasteiger partial charge < -0.3 is 15.1 Å². The lowest BCUT2D eigenvalue weighted by molar-refractivity contribution is -0.131. The van der Waals surface area contributed by atoms with Gasteiger partial charge in [0.15, 0.2) is 5.96 Å². The summed E-state index contributed by atoms with van der Waals surface area (Å²) in [4.78, 5) is 20.6. The highest BCUT2D eigenvalue weighted by Gasteiger charge is 2.14. The highest BCUT2D eigenvalue weighted by atomic mass is 127. The number of hydrogen-bond donors (Lipinski definition) is 1. The van der Waals surface area contributed by atoms with Crippen LogP contribution >= 0.6 is 24.0 Å². The molecule has 0 spiro atoms. The highest BCUT2D eigenvalue weighted by molar-refractivity contribution is 14.0. The van der Waals surface area contributed by atoms with Crippen LogP contribution in [0.25, 0.3) is 0 Å². The maximum atomic E-state index is 12.3. The third-order valence-corrected chi connectivity index (χ3v) is 3.85. The summed E-state index contributed by atoms with van der Waals surface area (Å²) in [6, 6.07) is 8.23. The molecule has 0 bridgehead atoms. The van der Waals surface area contributed by atoms with Crippen molar-refractivity contribution in [2.75, 3.05) is 33.2 Å². The van der Waals surface area contributed by atoms with Gasteiger partial charge in [-0.25, -0.2) is 4.99 Å². The Kier molecular flexibility index (Phi) is 11.4. The van der Waals surface area contributed by atoms with Crippen LogP contribution in [0.4, 0.5) is 0 Å². The number of guanidine groups is 1. The highest BCUT2D eigenvalue weighted by Crippen LogP contribution is 2.08. The zero-order valence-corrected chi connectivity index (χ0v) is 17.8. The smallest absolute Gasteiger partial charge is 0.242 e. The molecule has 1 N–H and O–H groups in total. The van der Waals surface area contributed by atoms with Gasteiger partial charge in [-0.15, -0.1) is 24.0 Å². The number of amides is 1. The Hall–Kier alpha value is -1.31. The normalized spacial score (nSPS) is 10.8. The Morgan fingerprint density at radius 3 is 2.33 bits per heavy atom. The fraction of sp³-hybridized carbons (Fsp3) is 0.556. The van der Waals surface area contributed by atoms with Crippen molar-refractivity contribution in [1.29, 1.82) is 0 Å². The van der Waals surface area contributed by atoms with Crippen LogP contribution in [0.3, 0.4) is 0 Å². The van der Waals surface area contributed by atoms with Crippen molar-refractivity contribution < 1.29 is 4.79 Å². The Bertz CT molecular complexity index is 530. The minimum atomic E-state index is 0. The standard InChI is InChI=1S/C18H30N4O.HI/c1-6-19-18(20-13-16-12-10-9-11-15(16)4)21(5)14-17(23)22(7-2)8-3;/h9-12H,6-8,13-14H2,1-5H3,(H,19,20);1H. The number of rotatable bonds is 7. The Morgan fingerprint density at radius 1 is 1.17 bits per heavy atom. The topological polar surface area (TPSA) is 47.9 Å². The number of nitrogens with zero attached hydrogens (tertiary/aromatic N) is 3. The molecule has 0 heterocycles. The second-order valence-electron chi connectivity index (χ2n) is 5.52. The van der Waals surface area contributed by atoms with E-state index in [1.165, 1.54) is 11.1 Å². The number of aryl methyl sites for hydroxylation is 1. The largest absolute Gasteiger partial charge is 0.357 e. The second kappa shape index (κ2) is 12.1. The molecular weight excluding hydrogens is 415 g/mol. The molecule has 136 valence electrons. The van der Waals surface area contributed by atoms with Gasteiger partial charge in [0.05, 0.1) is 13.1 Å². The summed E-state index contributed by atoms with van der Waals surface area (Å²) in [6.07, 6.45) is 0. The molecule has 0 fully saturated rings. The average molecular weight is 446 g/mol. The van der Waals surface area contributed by atoms with Crippen LogP contribution < -0.4 is 5.32 Å². The number of nitrogens with one attached hydrogen (secondary N) is 1. The molecular formula is C18H31IN4O. The monoisotopic (exact) mass is 446 g/mol. The Balaban J connectivity index is 0.00000529.